The summed E-state index contributed by atoms with van der Waals surface area (Å²) in [7, 11) is 3.16. The molecule has 0 aliphatic heterocycles. The first-order valence-electron chi connectivity index (χ1n) is 10.2. The van der Waals surface area contributed by atoms with Crippen molar-refractivity contribution in [3.8, 4) is 11.5 Å². The minimum absolute atomic E-state index is 0.125. The Morgan fingerprint density at radius 3 is 2.22 bits per heavy atom. The number of hydrogen-bond acceptors (Lipinski definition) is 4. The van der Waals surface area contributed by atoms with Gasteiger partial charge in [-0.15, -0.1) is 0 Å². The largest absolute Gasteiger partial charge is 0.497 e. The summed E-state index contributed by atoms with van der Waals surface area (Å²) >= 11 is 0. The summed E-state index contributed by atoms with van der Waals surface area (Å²) in [4.78, 5) is 26.5. The number of carbonyl (C=O) groups excluding carboxylic acids is 2. The van der Waals surface area contributed by atoms with E-state index in [0.717, 1.165) is 11.1 Å². The van der Waals surface area contributed by atoms with Crippen LogP contribution in [0.3, 0.4) is 0 Å². The van der Waals surface area contributed by atoms with Gasteiger partial charge in [0.15, 0.2) is 5.78 Å². The summed E-state index contributed by atoms with van der Waals surface area (Å²) in [6.07, 6.45) is 5.06. The van der Waals surface area contributed by atoms with E-state index in [9.17, 15) is 9.59 Å². The van der Waals surface area contributed by atoms with Crippen LogP contribution in [0.4, 0.5) is 0 Å². The van der Waals surface area contributed by atoms with Crippen LogP contribution in [0.25, 0.3) is 11.6 Å². The zero-order chi connectivity index (χ0) is 22.7. The summed E-state index contributed by atoms with van der Waals surface area (Å²) in [5, 5.41) is 0. The van der Waals surface area contributed by atoms with E-state index in [1.807, 2.05) is 66.1 Å². The highest BCUT2D eigenvalue weighted by molar-refractivity contribution is 6.14. The summed E-state index contributed by atoms with van der Waals surface area (Å²) in [5.74, 6) is 0.964. The molecular weight excluding hydrogens is 402 g/mol. The number of pyridine rings is 1. The highest BCUT2D eigenvalue weighted by Crippen LogP contribution is 2.25. The van der Waals surface area contributed by atoms with Gasteiger partial charge >= 0.3 is 0 Å². The van der Waals surface area contributed by atoms with Crippen molar-refractivity contribution in [2.45, 2.75) is 6.92 Å². The minimum atomic E-state index is -0.185. The number of ether oxygens (including phenoxy) is 2. The molecule has 0 saturated heterocycles. The van der Waals surface area contributed by atoms with Gasteiger partial charge in [0.05, 0.1) is 19.9 Å². The van der Waals surface area contributed by atoms with Gasteiger partial charge in [-0.25, -0.2) is 0 Å². The molecule has 2 aromatic carbocycles. The third-order valence-corrected chi connectivity index (χ3v) is 5.39. The highest BCUT2D eigenvalue weighted by Gasteiger charge is 2.20. The first kappa shape index (κ1) is 21.1. The molecule has 160 valence electrons. The molecule has 0 radical (unpaired) electrons. The van der Waals surface area contributed by atoms with E-state index in [2.05, 4.69) is 0 Å². The molecule has 5 nitrogen and oxygen atoms in total. The van der Waals surface area contributed by atoms with Crippen LogP contribution >= 0.6 is 0 Å². The summed E-state index contributed by atoms with van der Waals surface area (Å²) in [6.45, 7) is 1.81. The molecule has 0 fully saturated rings. The van der Waals surface area contributed by atoms with Gasteiger partial charge in [0.25, 0.3) is 0 Å². The van der Waals surface area contributed by atoms with E-state index in [4.69, 9.17) is 9.47 Å². The number of methoxy groups -OCH3 is 2. The maximum Gasteiger partial charge on any atom is 0.210 e. The van der Waals surface area contributed by atoms with Crippen molar-refractivity contribution in [3.05, 3.63) is 107 Å². The standard InChI is InChI=1S/C27H23NO4/c1-18-24(25(29)12-11-19-14-22(31-2)17-23(15-19)32-3)16-21-10-7-13-28(21)26(18)27(30)20-8-5-4-6-9-20/h4-17H,1-3H3/b12-11+. The molecule has 0 bridgehead atoms. The van der Waals surface area contributed by atoms with E-state index in [0.29, 0.717) is 33.9 Å². The van der Waals surface area contributed by atoms with Gasteiger partial charge in [0.2, 0.25) is 5.78 Å². The molecule has 32 heavy (non-hydrogen) atoms. The van der Waals surface area contributed by atoms with Gasteiger partial charge in [-0.1, -0.05) is 36.4 Å². The second-order valence-electron chi connectivity index (χ2n) is 7.37. The van der Waals surface area contributed by atoms with Crippen molar-refractivity contribution in [2.24, 2.45) is 0 Å². The first-order chi connectivity index (χ1) is 15.5. The lowest BCUT2D eigenvalue weighted by atomic mass is 9.97. The minimum Gasteiger partial charge on any atom is -0.497 e. The molecule has 0 amide bonds. The van der Waals surface area contributed by atoms with Gasteiger partial charge in [0, 0.05) is 28.9 Å². The monoisotopic (exact) mass is 425 g/mol. The molecule has 0 aliphatic rings. The van der Waals surface area contributed by atoms with E-state index < -0.39 is 0 Å². The molecule has 0 atom stereocenters. The number of benzene rings is 2. The Morgan fingerprint density at radius 1 is 0.875 bits per heavy atom. The number of ketones is 2. The van der Waals surface area contributed by atoms with Gasteiger partial charge in [0.1, 0.15) is 11.5 Å². The maximum absolute atomic E-state index is 13.3. The number of aromatic nitrogens is 1. The summed E-state index contributed by atoms with van der Waals surface area (Å²) in [6, 6.07) is 20.1. The highest BCUT2D eigenvalue weighted by atomic mass is 16.5. The van der Waals surface area contributed by atoms with E-state index in [-0.39, 0.29) is 11.6 Å². The zero-order valence-corrected chi connectivity index (χ0v) is 18.2. The van der Waals surface area contributed by atoms with Gasteiger partial charge in [-0.05, 0) is 54.5 Å². The number of carbonyl (C=O) groups is 2. The fourth-order valence-corrected chi connectivity index (χ4v) is 3.73. The fraction of sp³-hybridized carbons (Fsp3) is 0.111. The SMILES string of the molecule is COc1cc(/C=C/C(=O)c2cc3cccn3c(C(=O)c3ccccc3)c2C)cc(OC)c1. The lowest BCUT2D eigenvalue weighted by Gasteiger charge is -2.13. The maximum atomic E-state index is 13.3. The third kappa shape index (κ3) is 4.05. The van der Waals surface area contributed by atoms with Crippen molar-refractivity contribution >= 4 is 23.2 Å². The number of hydrogen-bond donors (Lipinski definition) is 0. The molecule has 2 heterocycles. The smallest absolute Gasteiger partial charge is 0.210 e. The quantitative estimate of drug-likeness (QED) is 0.294. The normalized spacial score (nSPS) is 11.1. The van der Waals surface area contributed by atoms with Crippen molar-refractivity contribution < 1.29 is 19.1 Å². The summed E-state index contributed by atoms with van der Waals surface area (Å²) < 4.78 is 12.4. The Kier molecular flexibility index (Phi) is 5.90. The van der Waals surface area contributed by atoms with Gasteiger partial charge in [-0.2, -0.15) is 0 Å². The number of nitrogens with zero attached hydrogens (tertiary/aromatic N) is 1. The van der Waals surface area contributed by atoms with Crippen LogP contribution in [0, 0.1) is 6.92 Å². The van der Waals surface area contributed by atoms with Crippen molar-refractivity contribution in [1.82, 2.24) is 4.40 Å². The van der Waals surface area contributed by atoms with Crippen LogP contribution in [-0.2, 0) is 0 Å². The van der Waals surface area contributed by atoms with Crippen LogP contribution < -0.4 is 9.47 Å². The molecule has 0 spiro atoms. The second-order valence-corrected chi connectivity index (χ2v) is 7.37. The average Bonchev–Trinajstić information content (AvgIpc) is 3.30. The molecular formula is C27H23NO4. The second kappa shape index (κ2) is 8.94. The third-order valence-electron chi connectivity index (χ3n) is 5.39. The molecule has 0 saturated carbocycles. The molecule has 0 N–H and O–H groups in total. The van der Waals surface area contributed by atoms with Crippen molar-refractivity contribution in [1.29, 1.82) is 0 Å². The molecule has 5 heteroatoms. The van der Waals surface area contributed by atoms with E-state index in [1.54, 1.807) is 38.5 Å². The lowest BCUT2D eigenvalue weighted by molar-refractivity contribution is 0.103. The molecule has 0 aliphatic carbocycles. The van der Waals surface area contributed by atoms with Crippen LogP contribution in [0.1, 0.15) is 37.5 Å². The molecule has 4 aromatic rings. The van der Waals surface area contributed by atoms with Crippen LogP contribution in [0.5, 0.6) is 11.5 Å². The van der Waals surface area contributed by atoms with E-state index >= 15 is 0 Å². The Hall–Kier alpha value is -4.12. The Balaban J connectivity index is 1.75. The van der Waals surface area contributed by atoms with Crippen molar-refractivity contribution in [3.63, 3.8) is 0 Å². The molecule has 0 unspecified atom stereocenters. The fourth-order valence-electron chi connectivity index (χ4n) is 3.73. The summed E-state index contributed by atoms with van der Waals surface area (Å²) in [5.41, 5.74) is 3.75. The molecule has 2 aromatic heterocycles. The number of fused-ring (bicyclic) bond motifs is 1. The average molecular weight is 425 g/mol. The number of rotatable bonds is 7. The Morgan fingerprint density at radius 2 is 1.56 bits per heavy atom. The first-order valence-corrected chi connectivity index (χ1v) is 10.2. The van der Waals surface area contributed by atoms with Crippen LogP contribution in [0.2, 0.25) is 0 Å². The van der Waals surface area contributed by atoms with Crippen LogP contribution in [0.15, 0.2) is 79.0 Å². The topological polar surface area (TPSA) is 57.0 Å². The zero-order valence-electron chi connectivity index (χ0n) is 18.2. The number of allylic oxidation sites excluding steroid dienone is 1. The van der Waals surface area contributed by atoms with Crippen LogP contribution in [-0.4, -0.2) is 30.2 Å². The predicted molar refractivity (Wildman–Crippen MR) is 125 cm³/mol. The molecule has 4 rings (SSSR count). The van der Waals surface area contributed by atoms with E-state index in [1.165, 1.54) is 6.08 Å². The van der Waals surface area contributed by atoms with Crippen molar-refractivity contribution in [2.75, 3.05) is 14.2 Å². The Labute approximate surface area is 186 Å². The predicted octanol–water partition coefficient (Wildman–Crippen LogP) is 5.39. The Bertz CT molecular complexity index is 1310. The lowest BCUT2D eigenvalue weighted by Crippen LogP contribution is -2.13. The van der Waals surface area contributed by atoms with Gasteiger partial charge < -0.3 is 13.9 Å². The van der Waals surface area contributed by atoms with Gasteiger partial charge in [-0.3, -0.25) is 9.59 Å².